The molecule has 112 valence electrons. The van der Waals surface area contributed by atoms with Crippen LogP contribution in [-0.4, -0.2) is 30.1 Å². The molecular formula is C17H34N2. The van der Waals surface area contributed by atoms with Gasteiger partial charge in [-0.25, -0.2) is 0 Å². The average molecular weight is 266 g/mol. The number of nitrogens with two attached hydrogens (primary N) is 1. The van der Waals surface area contributed by atoms with Gasteiger partial charge in [-0.3, -0.25) is 4.90 Å². The summed E-state index contributed by atoms with van der Waals surface area (Å²) in [6, 6.07) is 0. The van der Waals surface area contributed by atoms with Crippen LogP contribution in [0.1, 0.15) is 65.7 Å². The van der Waals surface area contributed by atoms with E-state index >= 15 is 0 Å². The smallest absolute Gasteiger partial charge is 0.0334 e. The highest BCUT2D eigenvalue weighted by Gasteiger charge is 2.43. The molecule has 0 bridgehead atoms. The van der Waals surface area contributed by atoms with Gasteiger partial charge in [0.15, 0.2) is 0 Å². The monoisotopic (exact) mass is 266 g/mol. The lowest BCUT2D eigenvalue weighted by Crippen LogP contribution is -2.56. The van der Waals surface area contributed by atoms with Crippen molar-refractivity contribution in [3.63, 3.8) is 0 Å². The third-order valence-electron chi connectivity index (χ3n) is 5.84. The predicted octanol–water partition coefficient (Wildman–Crippen LogP) is 3.65. The van der Waals surface area contributed by atoms with Gasteiger partial charge < -0.3 is 5.73 Å². The molecule has 3 atom stereocenters. The maximum atomic E-state index is 6.26. The third-order valence-corrected chi connectivity index (χ3v) is 5.84. The molecule has 0 radical (unpaired) electrons. The Morgan fingerprint density at radius 2 is 2.11 bits per heavy atom. The molecule has 2 rings (SSSR count). The van der Waals surface area contributed by atoms with Crippen molar-refractivity contribution < 1.29 is 0 Å². The number of rotatable bonds is 5. The lowest BCUT2D eigenvalue weighted by molar-refractivity contribution is 0.0404. The maximum absolute atomic E-state index is 6.26. The van der Waals surface area contributed by atoms with Crippen LogP contribution in [0.2, 0.25) is 0 Å². The Morgan fingerprint density at radius 1 is 1.32 bits per heavy atom. The van der Waals surface area contributed by atoms with Crippen LogP contribution in [0.15, 0.2) is 0 Å². The van der Waals surface area contributed by atoms with E-state index in [-0.39, 0.29) is 0 Å². The van der Waals surface area contributed by atoms with Crippen LogP contribution >= 0.6 is 0 Å². The first-order valence-corrected chi connectivity index (χ1v) is 8.56. The Labute approximate surface area is 120 Å². The zero-order valence-electron chi connectivity index (χ0n) is 13.3. The quantitative estimate of drug-likeness (QED) is 0.823. The minimum atomic E-state index is 0.343. The summed E-state index contributed by atoms with van der Waals surface area (Å²) < 4.78 is 0. The molecule has 3 unspecified atom stereocenters. The van der Waals surface area contributed by atoms with Gasteiger partial charge in [0.1, 0.15) is 0 Å². The second-order valence-corrected chi connectivity index (χ2v) is 7.42. The van der Waals surface area contributed by atoms with E-state index in [9.17, 15) is 0 Å². The van der Waals surface area contributed by atoms with E-state index in [2.05, 4.69) is 25.7 Å². The average Bonchev–Trinajstić information content (AvgIpc) is 2.88. The van der Waals surface area contributed by atoms with Gasteiger partial charge in [-0.05, 0) is 50.0 Å². The molecule has 2 N–H and O–H groups in total. The molecule has 2 nitrogen and oxygen atoms in total. The molecule has 1 saturated carbocycles. The van der Waals surface area contributed by atoms with Gasteiger partial charge in [-0.2, -0.15) is 0 Å². The number of likely N-dealkylation sites (tertiary alicyclic amines) is 1. The Bertz CT molecular complexity index is 276. The van der Waals surface area contributed by atoms with Crippen molar-refractivity contribution in [2.45, 2.75) is 71.3 Å². The summed E-state index contributed by atoms with van der Waals surface area (Å²) in [5, 5.41) is 0. The van der Waals surface area contributed by atoms with Crippen molar-refractivity contribution in [2.24, 2.45) is 23.5 Å². The van der Waals surface area contributed by atoms with Crippen molar-refractivity contribution in [3.05, 3.63) is 0 Å². The lowest BCUT2D eigenvalue weighted by atomic mass is 9.71. The van der Waals surface area contributed by atoms with Gasteiger partial charge >= 0.3 is 0 Å². The van der Waals surface area contributed by atoms with Crippen LogP contribution < -0.4 is 5.73 Å². The van der Waals surface area contributed by atoms with E-state index in [0.717, 1.165) is 24.3 Å². The molecular weight excluding hydrogens is 232 g/mol. The maximum Gasteiger partial charge on any atom is 0.0334 e. The summed E-state index contributed by atoms with van der Waals surface area (Å²) in [6.07, 6.45) is 9.64. The summed E-state index contributed by atoms with van der Waals surface area (Å²) in [4.78, 5) is 2.78. The summed E-state index contributed by atoms with van der Waals surface area (Å²) in [7, 11) is 0. The minimum absolute atomic E-state index is 0.343. The van der Waals surface area contributed by atoms with E-state index < -0.39 is 0 Å². The summed E-state index contributed by atoms with van der Waals surface area (Å²) in [5.74, 6) is 2.65. The number of nitrogens with zero attached hydrogens (tertiary/aromatic N) is 1. The van der Waals surface area contributed by atoms with Gasteiger partial charge in [-0.1, -0.05) is 40.0 Å². The van der Waals surface area contributed by atoms with Gasteiger partial charge in [-0.15, -0.1) is 0 Å². The highest BCUT2D eigenvalue weighted by Crippen LogP contribution is 2.41. The molecule has 19 heavy (non-hydrogen) atoms. The molecule has 0 amide bonds. The Balaban J connectivity index is 2.01. The highest BCUT2D eigenvalue weighted by molar-refractivity contribution is 4.99. The second-order valence-electron chi connectivity index (χ2n) is 7.42. The van der Waals surface area contributed by atoms with Crippen molar-refractivity contribution in [2.75, 3.05) is 19.6 Å². The lowest BCUT2D eigenvalue weighted by Gasteiger charge is -2.48. The first kappa shape index (κ1) is 15.3. The zero-order chi connectivity index (χ0) is 13.9. The van der Waals surface area contributed by atoms with Crippen molar-refractivity contribution in [1.29, 1.82) is 0 Å². The Hall–Kier alpha value is -0.0800. The molecule has 1 saturated heterocycles. The van der Waals surface area contributed by atoms with Gasteiger partial charge in [0.05, 0.1) is 0 Å². The molecule has 1 heterocycles. The Morgan fingerprint density at radius 3 is 2.74 bits per heavy atom. The number of hydrogen-bond acceptors (Lipinski definition) is 2. The fourth-order valence-electron chi connectivity index (χ4n) is 4.46. The summed E-state index contributed by atoms with van der Waals surface area (Å²) in [5.41, 5.74) is 6.60. The van der Waals surface area contributed by atoms with Crippen LogP contribution in [0, 0.1) is 17.8 Å². The van der Waals surface area contributed by atoms with Crippen LogP contribution in [0.25, 0.3) is 0 Å². The first-order valence-electron chi connectivity index (χ1n) is 8.56. The normalized spacial score (nSPS) is 37.1. The minimum Gasteiger partial charge on any atom is -0.329 e. The van der Waals surface area contributed by atoms with E-state index in [0.29, 0.717) is 5.54 Å². The molecule has 0 aromatic rings. The van der Waals surface area contributed by atoms with Crippen LogP contribution in [0.3, 0.4) is 0 Å². The van der Waals surface area contributed by atoms with Gasteiger partial charge in [0.25, 0.3) is 0 Å². The van der Waals surface area contributed by atoms with Crippen LogP contribution in [0.5, 0.6) is 0 Å². The summed E-state index contributed by atoms with van der Waals surface area (Å²) in [6.45, 7) is 10.6. The highest BCUT2D eigenvalue weighted by atomic mass is 15.2. The largest absolute Gasteiger partial charge is 0.329 e. The van der Waals surface area contributed by atoms with Gasteiger partial charge in [0.2, 0.25) is 0 Å². The molecule has 1 aliphatic heterocycles. The SMILES string of the molecule is CCCC1CCN(C2(CN)CCCC(C(C)C)C2)C1. The van der Waals surface area contributed by atoms with Gasteiger partial charge in [0, 0.05) is 18.6 Å². The summed E-state index contributed by atoms with van der Waals surface area (Å²) >= 11 is 0. The fourth-order valence-corrected chi connectivity index (χ4v) is 4.46. The molecule has 2 aliphatic rings. The predicted molar refractivity (Wildman–Crippen MR) is 83.2 cm³/mol. The number of hydrogen-bond donors (Lipinski definition) is 1. The molecule has 0 aromatic heterocycles. The van der Waals surface area contributed by atoms with Crippen LogP contribution in [0.4, 0.5) is 0 Å². The first-order chi connectivity index (χ1) is 9.11. The fraction of sp³-hybridized carbons (Fsp3) is 1.00. The van der Waals surface area contributed by atoms with E-state index in [1.807, 2.05) is 0 Å². The second kappa shape index (κ2) is 6.58. The van der Waals surface area contributed by atoms with E-state index in [4.69, 9.17) is 5.73 Å². The van der Waals surface area contributed by atoms with Crippen molar-refractivity contribution in [1.82, 2.24) is 4.90 Å². The zero-order valence-corrected chi connectivity index (χ0v) is 13.3. The van der Waals surface area contributed by atoms with E-state index in [1.165, 1.54) is 58.0 Å². The molecule has 2 fully saturated rings. The molecule has 1 aliphatic carbocycles. The third kappa shape index (κ3) is 3.33. The molecule has 0 spiro atoms. The van der Waals surface area contributed by atoms with Crippen molar-refractivity contribution in [3.8, 4) is 0 Å². The topological polar surface area (TPSA) is 29.3 Å². The van der Waals surface area contributed by atoms with Crippen LogP contribution in [-0.2, 0) is 0 Å². The molecule has 2 heteroatoms. The Kier molecular flexibility index (Phi) is 5.30. The molecule has 0 aromatic carbocycles. The standard InChI is InChI=1S/C17H34N2/c1-4-6-15-8-10-19(12-15)17(13-18)9-5-7-16(11-17)14(2)3/h14-16H,4-13,18H2,1-3H3. The van der Waals surface area contributed by atoms with E-state index in [1.54, 1.807) is 0 Å². The van der Waals surface area contributed by atoms with Crippen molar-refractivity contribution >= 4 is 0 Å².